The van der Waals surface area contributed by atoms with Crippen molar-refractivity contribution in [3.63, 3.8) is 0 Å². The van der Waals surface area contributed by atoms with Crippen molar-refractivity contribution in [3.05, 3.63) is 35.4 Å². The molecule has 0 bridgehead atoms. The average molecular weight is 265 g/mol. The van der Waals surface area contributed by atoms with Gasteiger partial charge >= 0.3 is 0 Å². The second-order valence-electron chi connectivity index (χ2n) is 5.63. The molecule has 0 aliphatic heterocycles. The number of rotatable bonds is 8. The quantitative estimate of drug-likeness (QED) is 0.759. The Morgan fingerprint density at radius 1 is 1.11 bits per heavy atom. The van der Waals surface area contributed by atoms with Crippen LogP contribution in [-0.2, 0) is 4.74 Å². The molecule has 108 valence electrons. The van der Waals surface area contributed by atoms with Crippen LogP contribution >= 0.6 is 0 Å². The number of hydrogen-bond acceptors (Lipinski definition) is 3. The van der Waals surface area contributed by atoms with Crippen LogP contribution in [0.3, 0.4) is 0 Å². The fraction of sp³-hybridized carbons (Fsp3) is 0.625. The smallest absolute Gasteiger partial charge is 0.0897 e. The minimum Gasteiger partial charge on any atom is -0.389 e. The van der Waals surface area contributed by atoms with Gasteiger partial charge in [0.15, 0.2) is 0 Å². The minimum atomic E-state index is -0.452. The Hall–Kier alpha value is -0.900. The van der Waals surface area contributed by atoms with Crippen molar-refractivity contribution in [2.45, 2.75) is 39.8 Å². The molecule has 1 unspecified atom stereocenters. The largest absolute Gasteiger partial charge is 0.389 e. The predicted molar refractivity (Wildman–Crippen MR) is 79.3 cm³/mol. The SMILES string of the molecule is Cc1ccc([C@H](C)NCC(O)COCC(C)C)cc1. The van der Waals surface area contributed by atoms with Gasteiger partial charge in [-0.05, 0) is 25.3 Å². The van der Waals surface area contributed by atoms with E-state index in [1.165, 1.54) is 11.1 Å². The van der Waals surface area contributed by atoms with Gasteiger partial charge in [-0.15, -0.1) is 0 Å². The molecule has 1 rings (SSSR count). The highest BCUT2D eigenvalue weighted by atomic mass is 16.5. The number of benzene rings is 1. The number of aliphatic hydroxyl groups is 1. The summed E-state index contributed by atoms with van der Waals surface area (Å²) in [6.45, 7) is 10.0. The third-order valence-electron chi connectivity index (χ3n) is 3.00. The fourth-order valence-corrected chi connectivity index (χ4v) is 1.78. The first kappa shape index (κ1) is 16.2. The molecule has 0 amide bonds. The lowest BCUT2D eigenvalue weighted by Gasteiger charge is -2.18. The Morgan fingerprint density at radius 3 is 2.32 bits per heavy atom. The van der Waals surface area contributed by atoms with E-state index in [-0.39, 0.29) is 6.04 Å². The fourth-order valence-electron chi connectivity index (χ4n) is 1.78. The molecule has 0 aliphatic rings. The van der Waals surface area contributed by atoms with E-state index >= 15 is 0 Å². The van der Waals surface area contributed by atoms with E-state index in [4.69, 9.17) is 4.74 Å². The molecular formula is C16H27NO2. The number of aliphatic hydroxyl groups excluding tert-OH is 1. The molecule has 0 fully saturated rings. The van der Waals surface area contributed by atoms with Gasteiger partial charge in [0, 0.05) is 19.2 Å². The monoisotopic (exact) mass is 265 g/mol. The minimum absolute atomic E-state index is 0.236. The molecule has 0 aromatic heterocycles. The highest BCUT2D eigenvalue weighted by molar-refractivity contribution is 5.23. The van der Waals surface area contributed by atoms with Crippen molar-refractivity contribution >= 4 is 0 Å². The summed E-state index contributed by atoms with van der Waals surface area (Å²) >= 11 is 0. The molecule has 0 saturated heterocycles. The van der Waals surface area contributed by atoms with E-state index in [9.17, 15) is 5.11 Å². The van der Waals surface area contributed by atoms with Crippen molar-refractivity contribution < 1.29 is 9.84 Å². The Labute approximate surface area is 117 Å². The average Bonchev–Trinajstić information content (AvgIpc) is 2.36. The second kappa shape index (κ2) is 8.31. The summed E-state index contributed by atoms with van der Waals surface area (Å²) in [6, 6.07) is 8.69. The summed E-state index contributed by atoms with van der Waals surface area (Å²) in [6.07, 6.45) is -0.452. The van der Waals surface area contributed by atoms with Gasteiger partial charge < -0.3 is 15.2 Å². The van der Waals surface area contributed by atoms with Crippen LogP contribution in [0.2, 0.25) is 0 Å². The van der Waals surface area contributed by atoms with E-state index in [0.717, 1.165) is 0 Å². The zero-order chi connectivity index (χ0) is 14.3. The molecule has 0 heterocycles. The summed E-state index contributed by atoms with van der Waals surface area (Å²) in [5, 5.41) is 13.1. The third kappa shape index (κ3) is 6.71. The van der Waals surface area contributed by atoms with Gasteiger partial charge in [0.05, 0.1) is 12.7 Å². The van der Waals surface area contributed by atoms with Gasteiger partial charge in [-0.2, -0.15) is 0 Å². The first-order valence-electron chi connectivity index (χ1n) is 7.04. The number of hydrogen-bond donors (Lipinski definition) is 2. The first-order chi connectivity index (χ1) is 8.99. The van der Waals surface area contributed by atoms with Gasteiger partial charge in [0.1, 0.15) is 0 Å². The summed E-state index contributed by atoms with van der Waals surface area (Å²) in [7, 11) is 0. The predicted octanol–water partition coefficient (Wildman–Crippen LogP) is 2.68. The molecule has 19 heavy (non-hydrogen) atoms. The Balaban J connectivity index is 2.25. The van der Waals surface area contributed by atoms with Crippen molar-refractivity contribution in [2.75, 3.05) is 19.8 Å². The van der Waals surface area contributed by atoms with Crippen LogP contribution in [0.15, 0.2) is 24.3 Å². The Morgan fingerprint density at radius 2 is 1.74 bits per heavy atom. The lowest BCUT2D eigenvalue weighted by Crippen LogP contribution is -2.32. The molecule has 0 radical (unpaired) electrons. The van der Waals surface area contributed by atoms with Crippen LogP contribution in [0.4, 0.5) is 0 Å². The number of nitrogens with one attached hydrogen (secondary N) is 1. The zero-order valence-corrected chi connectivity index (χ0v) is 12.5. The van der Waals surface area contributed by atoms with E-state index < -0.39 is 6.10 Å². The maximum absolute atomic E-state index is 9.81. The molecule has 1 aromatic carbocycles. The maximum Gasteiger partial charge on any atom is 0.0897 e. The summed E-state index contributed by atoms with van der Waals surface area (Å²) in [4.78, 5) is 0. The van der Waals surface area contributed by atoms with Gasteiger partial charge in [-0.1, -0.05) is 43.7 Å². The normalized spacial score (nSPS) is 14.6. The lowest BCUT2D eigenvalue weighted by molar-refractivity contribution is 0.0252. The number of aryl methyl sites for hydroxylation is 1. The number of ether oxygens (including phenoxy) is 1. The standard InChI is InChI=1S/C16H27NO2/c1-12(2)10-19-11-16(18)9-17-14(4)15-7-5-13(3)6-8-15/h5-8,12,14,16-18H,9-11H2,1-4H3/t14-,16?/m0/s1. The molecule has 0 saturated carbocycles. The topological polar surface area (TPSA) is 41.5 Å². The molecule has 2 N–H and O–H groups in total. The molecular weight excluding hydrogens is 238 g/mol. The summed E-state index contributed by atoms with van der Waals surface area (Å²) in [5.74, 6) is 0.506. The Kier molecular flexibility index (Phi) is 7.06. The van der Waals surface area contributed by atoms with Crippen LogP contribution in [0.5, 0.6) is 0 Å². The molecule has 3 nitrogen and oxygen atoms in total. The summed E-state index contributed by atoms with van der Waals surface area (Å²) in [5.41, 5.74) is 2.50. The van der Waals surface area contributed by atoms with Crippen molar-refractivity contribution in [2.24, 2.45) is 5.92 Å². The van der Waals surface area contributed by atoms with E-state index in [2.05, 4.69) is 57.3 Å². The van der Waals surface area contributed by atoms with Crippen molar-refractivity contribution in [1.82, 2.24) is 5.32 Å². The molecule has 0 spiro atoms. The molecule has 1 aromatic rings. The zero-order valence-electron chi connectivity index (χ0n) is 12.5. The first-order valence-corrected chi connectivity index (χ1v) is 7.04. The maximum atomic E-state index is 9.81. The summed E-state index contributed by atoms with van der Waals surface area (Å²) < 4.78 is 5.42. The van der Waals surface area contributed by atoms with E-state index in [1.807, 2.05) is 0 Å². The van der Waals surface area contributed by atoms with Crippen LogP contribution in [-0.4, -0.2) is 31.0 Å². The lowest BCUT2D eigenvalue weighted by atomic mass is 10.1. The van der Waals surface area contributed by atoms with Crippen LogP contribution in [0, 0.1) is 12.8 Å². The van der Waals surface area contributed by atoms with Crippen LogP contribution in [0.25, 0.3) is 0 Å². The highest BCUT2D eigenvalue weighted by Crippen LogP contribution is 2.12. The van der Waals surface area contributed by atoms with Gasteiger partial charge in [0.25, 0.3) is 0 Å². The Bertz CT molecular complexity index is 348. The molecule has 3 heteroatoms. The van der Waals surface area contributed by atoms with Crippen molar-refractivity contribution in [3.8, 4) is 0 Å². The van der Waals surface area contributed by atoms with Gasteiger partial charge in [0.2, 0.25) is 0 Å². The second-order valence-corrected chi connectivity index (χ2v) is 5.63. The van der Waals surface area contributed by atoms with Gasteiger partial charge in [-0.3, -0.25) is 0 Å². The van der Waals surface area contributed by atoms with Crippen LogP contribution < -0.4 is 5.32 Å². The van der Waals surface area contributed by atoms with Crippen molar-refractivity contribution in [1.29, 1.82) is 0 Å². The van der Waals surface area contributed by atoms with E-state index in [1.54, 1.807) is 0 Å². The third-order valence-corrected chi connectivity index (χ3v) is 3.00. The van der Waals surface area contributed by atoms with Gasteiger partial charge in [-0.25, -0.2) is 0 Å². The van der Waals surface area contributed by atoms with E-state index in [0.29, 0.717) is 25.7 Å². The highest BCUT2D eigenvalue weighted by Gasteiger charge is 2.09. The van der Waals surface area contributed by atoms with Crippen LogP contribution in [0.1, 0.15) is 37.9 Å². The molecule has 0 aliphatic carbocycles. The molecule has 2 atom stereocenters.